The molecule has 1 atom stereocenters. The summed E-state index contributed by atoms with van der Waals surface area (Å²) in [6.45, 7) is 11.1. The monoisotopic (exact) mass is 339 g/mol. The molecule has 0 saturated carbocycles. The molecule has 2 aromatic rings. The van der Waals surface area contributed by atoms with Crippen LogP contribution in [0.2, 0.25) is 0 Å². The number of aromatic nitrogens is 3. The highest BCUT2D eigenvalue weighted by Gasteiger charge is 2.46. The summed E-state index contributed by atoms with van der Waals surface area (Å²) >= 11 is 0. The molecule has 0 fully saturated rings. The van der Waals surface area contributed by atoms with Crippen molar-refractivity contribution in [2.45, 2.75) is 52.8 Å². The van der Waals surface area contributed by atoms with E-state index in [2.05, 4.69) is 44.7 Å². The van der Waals surface area contributed by atoms with E-state index in [1.807, 2.05) is 0 Å². The van der Waals surface area contributed by atoms with Crippen LogP contribution in [0.5, 0.6) is 0 Å². The molecule has 0 spiro atoms. The summed E-state index contributed by atoms with van der Waals surface area (Å²) in [6, 6.07) is 5.54. The molecule has 1 unspecified atom stereocenters. The zero-order chi connectivity index (χ0) is 18.2. The van der Waals surface area contributed by atoms with Crippen molar-refractivity contribution in [3.05, 3.63) is 48.0 Å². The van der Waals surface area contributed by atoms with Gasteiger partial charge in [-0.1, -0.05) is 46.8 Å². The molecule has 0 bridgehead atoms. The summed E-state index contributed by atoms with van der Waals surface area (Å²) < 4.78 is 40.4. The fourth-order valence-electron chi connectivity index (χ4n) is 3.67. The van der Waals surface area contributed by atoms with E-state index < -0.39 is 11.7 Å². The maximum absolute atomic E-state index is 12.9. The van der Waals surface area contributed by atoms with Crippen molar-refractivity contribution >= 4 is 0 Å². The summed E-state index contributed by atoms with van der Waals surface area (Å²) in [5, 5.41) is 4.20. The Bertz CT molecular complexity index is 652. The summed E-state index contributed by atoms with van der Waals surface area (Å²) in [7, 11) is 0. The van der Waals surface area contributed by atoms with Crippen LogP contribution in [0.25, 0.3) is 0 Å². The molecular formula is C18H24F3N3. The van der Waals surface area contributed by atoms with Crippen LogP contribution >= 0.6 is 0 Å². The van der Waals surface area contributed by atoms with Crippen LogP contribution in [0.1, 0.15) is 45.7 Å². The first-order valence-electron chi connectivity index (χ1n) is 7.98. The minimum atomic E-state index is -4.33. The lowest BCUT2D eigenvalue weighted by molar-refractivity contribution is -0.137. The fraction of sp³-hybridized carbons (Fsp3) is 0.556. The molecule has 0 N–H and O–H groups in total. The molecule has 24 heavy (non-hydrogen) atoms. The van der Waals surface area contributed by atoms with Gasteiger partial charge in [-0.3, -0.25) is 4.68 Å². The highest BCUT2D eigenvalue weighted by molar-refractivity contribution is 5.33. The van der Waals surface area contributed by atoms with E-state index in [4.69, 9.17) is 0 Å². The van der Waals surface area contributed by atoms with E-state index in [0.29, 0.717) is 6.54 Å². The zero-order valence-electron chi connectivity index (χ0n) is 14.7. The van der Waals surface area contributed by atoms with Crippen molar-refractivity contribution in [2.75, 3.05) is 0 Å². The Hall–Kier alpha value is -1.85. The van der Waals surface area contributed by atoms with Crippen molar-refractivity contribution in [3.8, 4) is 0 Å². The molecular weight excluding hydrogens is 315 g/mol. The Morgan fingerprint density at radius 2 is 1.54 bits per heavy atom. The van der Waals surface area contributed by atoms with E-state index in [-0.39, 0.29) is 16.7 Å². The Labute approximate surface area is 140 Å². The number of alkyl halides is 3. The number of hydrogen-bond acceptors (Lipinski definition) is 2. The van der Waals surface area contributed by atoms with Gasteiger partial charge >= 0.3 is 6.18 Å². The van der Waals surface area contributed by atoms with Crippen LogP contribution < -0.4 is 0 Å². The first kappa shape index (κ1) is 18.5. The summed E-state index contributed by atoms with van der Waals surface area (Å²) in [5.74, 6) is 0.193. The van der Waals surface area contributed by atoms with Crippen LogP contribution in [0.15, 0.2) is 36.9 Å². The first-order chi connectivity index (χ1) is 11.0. The second kappa shape index (κ2) is 6.22. The largest absolute Gasteiger partial charge is 0.416 e. The Morgan fingerprint density at radius 1 is 1.00 bits per heavy atom. The van der Waals surface area contributed by atoms with Crippen LogP contribution in [0, 0.1) is 11.3 Å². The second-order valence-corrected chi connectivity index (χ2v) is 7.54. The third kappa shape index (κ3) is 3.32. The lowest BCUT2D eigenvalue weighted by Gasteiger charge is -2.48. The van der Waals surface area contributed by atoms with Gasteiger partial charge in [0.15, 0.2) is 0 Å². The van der Waals surface area contributed by atoms with Crippen LogP contribution in [-0.2, 0) is 18.1 Å². The van der Waals surface area contributed by atoms with Gasteiger partial charge in [0.2, 0.25) is 0 Å². The van der Waals surface area contributed by atoms with Crippen LogP contribution in [-0.4, -0.2) is 14.8 Å². The van der Waals surface area contributed by atoms with E-state index in [9.17, 15) is 13.2 Å². The van der Waals surface area contributed by atoms with Gasteiger partial charge in [0.1, 0.15) is 12.7 Å². The summed E-state index contributed by atoms with van der Waals surface area (Å²) in [6.07, 6.45) is -1.21. The molecule has 0 radical (unpaired) electrons. The molecule has 0 saturated heterocycles. The quantitative estimate of drug-likeness (QED) is 0.790. The number of halogens is 3. The third-order valence-electron chi connectivity index (χ3n) is 4.93. The Morgan fingerprint density at radius 3 is 1.92 bits per heavy atom. The van der Waals surface area contributed by atoms with Gasteiger partial charge in [0.25, 0.3) is 0 Å². The van der Waals surface area contributed by atoms with Crippen molar-refractivity contribution in [1.82, 2.24) is 14.8 Å². The number of hydrogen-bond donors (Lipinski definition) is 0. The average molecular weight is 339 g/mol. The Balaban J connectivity index is 2.57. The standard InChI is InChI=1S/C18H24F3N3/c1-13(2)17(16(3,4)5,10-24-12-22-11-23-24)14-6-8-15(9-7-14)18(19,20)21/h6-9,11-13H,10H2,1-5H3. The van der Waals surface area contributed by atoms with Gasteiger partial charge < -0.3 is 0 Å². The van der Waals surface area contributed by atoms with Crippen molar-refractivity contribution < 1.29 is 13.2 Å². The average Bonchev–Trinajstić information content (AvgIpc) is 2.95. The maximum atomic E-state index is 12.9. The molecule has 2 rings (SSSR count). The van der Waals surface area contributed by atoms with Gasteiger partial charge in [0.05, 0.1) is 12.1 Å². The fourth-order valence-corrected chi connectivity index (χ4v) is 3.67. The molecule has 1 aromatic heterocycles. The number of nitrogens with zero attached hydrogens (tertiary/aromatic N) is 3. The van der Waals surface area contributed by atoms with Gasteiger partial charge in [-0.25, -0.2) is 4.98 Å². The SMILES string of the molecule is CC(C)C(Cn1cncn1)(c1ccc(C(F)(F)F)cc1)C(C)(C)C. The molecule has 132 valence electrons. The van der Waals surface area contributed by atoms with Crippen LogP contribution in [0.3, 0.4) is 0 Å². The zero-order valence-corrected chi connectivity index (χ0v) is 14.7. The van der Waals surface area contributed by atoms with Gasteiger partial charge in [-0.2, -0.15) is 18.3 Å². The molecule has 0 aliphatic carbocycles. The van der Waals surface area contributed by atoms with Gasteiger partial charge in [-0.15, -0.1) is 0 Å². The highest BCUT2D eigenvalue weighted by atomic mass is 19.4. The Kier molecular flexibility index (Phi) is 4.79. The topological polar surface area (TPSA) is 30.7 Å². The minimum absolute atomic E-state index is 0.188. The third-order valence-corrected chi connectivity index (χ3v) is 4.93. The highest BCUT2D eigenvalue weighted by Crippen LogP contribution is 2.48. The number of rotatable bonds is 4. The normalized spacial score (nSPS) is 15.5. The minimum Gasteiger partial charge on any atom is -0.252 e. The molecule has 6 heteroatoms. The van der Waals surface area contributed by atoms with E-state index in [0.717, 1.165) is 5.56 Å². The van der Waals surface area contributed by atoms with Gasteiger partial charge in [0, 0.05) is 5.41 Å². The molecule has 1 aromatic carbocycles. The predicted molar refractivity (Wildman–Crippen MR) is 87.4 cm³/mol. The maximum Gasteiger partial charge on any atom is 0.416 e. The van der Waals surface area contributed by atoms with Crippen LogP contribution in [0.4, 0.5) is 13.2 Å². The lowest BCUT2D eigenvalue weighted by Crippen LogP contribution is -2.48. The van der Waals surface area contributed by atoms with Gasteiger partial charge in [-0.05, 0) is 29.0 Å². The molecule has 3 nitrogen and oxygen atoms in total. The van der Waals surface area contributed by atoms with E-state index in [1.165, 1.54) is 18.5 Å². The lowest BCUT2D eigenvalue weighted by atomic mass is 9.57. The first-order valence-corrected chi connectivity index (χ1v) is 7.98. The molecule has 1 heterocycles. The van der Waals surface area contributed by atoms with Crippen molar-refractivity contribution in [1.29, 1.82) is 0 Å². The van der Waals surface area contributed by atoms with E-state index in [1.54, 1.807) is 23.1 Å². The van der Waals surface area contributed by atoms with Crippen molar-refractivity contribution in [3.63, 3.8) is 0 Å². The summed E-state index contributed by atoms with van der Waals surface area (Å²) in [4.78, 5) is 3.99. The smallest absolute Gasteiger partial charge is 0.252 e. The molecule has 0 amide bonds. The molecule has 0 aliphatic rings. The predicted octanol–water partition coefficient (Wildman–Crippen LogP) is 4.94. The number of benzene rings is 1. The van der Waals surface area contributed by atoms with E-state index >= 15 is 0 Å². The summed E-state index contributed by atoms with van der Waals surface area (Å²) in [5.41, 5.74) is -0.315. The second-order valence-electron chi connectivity index (χ2n) is 7.54. The molecule has 0 aliphatic heterocycles. The van der Waals surface area contributed by atoms with Crippen molar-refractivity contribution in [2.24, 2.45) is 11.3 Å².